The summed E-state index contributed by atoms with van der Waals surface area (Å²) < 4.78 is 67.0. The van der Waals surface area contributed by atoms with Crippen molar-refractivity contribution in [3.8, 4) is 5.75 Å². The summed E-state index contributed by atoms with van der Waals surface area (Å²) in [6.07, 6.45) is -3.34. The Kier molecular flexibility index (Phi) is 6.05. The first-order valence-corrected chi connectivity index (χ1v) is 7.58. The van der Waals surface area contributed by atoms with Crippen LogP contribution in [0.25, 0.3) is 0 Å². The molecule has 2 aromatic carbocycles. The summed E-state index contributed by atoms with van der Waals surface area (Å²) in [6.45, 7) is 0.122. The average molecular weight is 376 g/mol. The highest BCUT2D eigenvalue weighted by Gasteiger charge is 2.29. The SMILES string of the molecule is FC(F)(F)c1ccc(S)cc1.O=C[C@@H]1COc2c(F)ccc(F)c2C1. The van der Waals surface area contributed by atoms with Crippen LogP contribution in [0.3, 0.4) is 0 Å². The number of ether oxygens (including phenoxy) is 1. The predicted molar refractivity (Wildman–Crippen MR) is 83.8 cm³/mol. The quantitative estimate of drug-likeness (QED) is 0.443. The fraction of sp³-hybridized carbons (Fsp3) is 0.235. The van der Waals surface area contributed by atoms with Gasteiger partial charge in [0.1, 0.15) is 12.1 Å². The van der Waals surface area contributed by atoms with Gasteiger partial charge >= 0.3 is 6.18 Å². The number of benzene rings is 2. The standard InChI is InChI=1S/C10H8F2O2.C7H5F3S/c11-8-1-2-9(12)10-7(8)3-6(4-13)5-14-10;8-7(9,10)5-1-3-6(11)4-2-5/h1-2,4,6H,3,5H2;1-4,11H/t6-;/m1./s1. The number of thiol groups is 1. The van der Waals surface area contributed by atoms with E-state index in [1.54, 1.807) is 0 Å². The van der Waals surface area contributed by atoms with E-state index in [-0.39, 0.29) is 30.3 Å². The Morgan fingerprint density at radius 2 is 1.64 bits per heavy atom. The molecule has 0 bridgehead atoms. The highest BCUT2D eigenvalue weighted by Crippen LogP contribution is 2.31. The average Bonchev–Trinajstić information content (AvgIpc) is 2.58. The van der Waals surface area contributed by atoms with Crippen LogP contribution in [0.4, 0.5) is 22.0 Å². The fourth-order valence-corrected chi connectivity index (χ4v) is 2.32. The highest BCUT2D eigenvalue weighted by molar-refractivity contribution is 7.80. The fourth-order valence-electron chi connectivity index (χ4n) is 2.17. The molecule has 0 aromatic heterocycles. The molecule has 25 heavy (non-hydrogen) atoms. The summed E-state index contributed by atoms with van der Waals surface area (Å²) in [6, 6.07) is 6.70. The predicted octanol–water partition coefficient (Wildman–Crippen LogP) is 4.71. The Morgan fingerprint density at radius 1 is 1.04 bits per heavy atom. The smallest absolute Gasteiger partial charge is 0.416 e. The van der Waals surface area contributed by atoms with E-state index in [4.69, 9.17) is 4.74 Å². The zero-order chi connectivity index (χ0) is 18.6. The van der Waals surface area contributed by atoms with Crippen LogP contribution in [0.1, 0.15) is 11.1 Å². The van der Waals surface area contributed by atoms with Crippen LogP contribution in [0.2, 0.25) is 0 Å². The van der Waals surface area contributed by atoms with Crippen LogP contribution < -0.4 is 4.74 Å². The minimum absolute atomic E-state index is 0.0527. The van der Waals surface area contributed by atoms with E-state index in [0.29, 0.717) is 11.2 Å². The minimum Gasteiger partial charge on any atom is -0.489 e. The molecule has 1 aliphatic rings. The normalized spacial score (nSPS) is 16.2. The lowest BCUT2D eigenvalue weighted by atomic mass is 9.97. The number of hydrogen-bond acceptors (Lipinski definition) is 3. The molecular formula is C17H13F5O2S. The van der Waals surface area contributed by atoms with E-state index in [2.05, 4.69) is 12.6 Å². The molecule has 134 valence electrons. The van der Waals surface area contributed by atoms with E-state index in [1.165, 1.54) is 12.1 Å². The summed E-state index contributed by atoms with van der Waals surface area (Å²) in [7, 11) is 0. The monoisotopic (exact) mass is 376 g/mol. The number of rotatable bonds is 1. The van der Waals surface area contributed by atoms with Crippen molar-refractivity contribution in [1.82, 2.24) is 0 Å². The maximum absolute atomic E-state index is 13.2. The summed E-state index contributed by atoms with van der Waals surface area (Å²) in [5.74, 6) is -1.53. The maximum Gasteiger partial charge on any atom is 0.416 e. The van der Waals surface area contributed by atoms with Crippen LogP contribution in [-0.2, 0) is 17.4 Å². The number of alkyl halides is 3. The molecule has 0 saturated heterocycles. The lowest BCUT2D eigenvalue weighted by Crippen LogP contribution is -2.23. The molecule has 8 heteroatoms. The van der Waals surface area contributed by atoms with Crippen molar-refractivity contribution in [1.29, 1.82) is 0 Å². The number of halogens is 5. The largest absolute Gasteiger partial charge is 0.489 e. The van der Waals surface area contributed by atoms with Crippen molar-refractivity contribution in [2.45, 2.75) is 17.5 Å². The zero-order valence-corrected chi connectivity index (χ0v) is 13.6. The molecule has 0 amide bonds. The number of aldehydes is 1. The van der Waals surface area contributed by atoms with Gasteiger partial charge < -0.3 is 9.53 Å². The van der Waals surface area contributed by atoms with Crippen molar-refractivity contribution in [2.24, 2.45) is 5.92 Å². The Labute approximate surface area is 146 Å². The van der Waals surface area contributed by atoms with Crippen molar-refractivity contribution < 1.29 is 31.5 Å². The third-order valence-corrected chi connectivity index (χ3v) is 3.75. The number of fused-ring (bicyclic) bond motifs is 1. The van der Waals surface area contributed by atoms with Gasteiger partial charge in [0.25, 0.3) is 0 Å². The van der Waals surface area contributed by atoms with Gasteiger partial charge in [0.05, 0.1) is 18.1 Å². The summed E-state index contributed by atoms with van der Waals surface area (Å²) in [5.41, 5.74) is -0.483. The third-order valence-electron chi connectivity index (χ3n) is 3.45. The van der Waals surface area contributed by atoms with Gasteiger partial charge in [-0.1, -0.05) is 0 Å². The Hall–Kier alpha value is -2.09. The second kappa shape index (κ2) is 7.86. The van der Waals surface area contributed by atoms with Gasteiger partial charge in [0, 0.05) is 10.5 Å². The van der Waals surface area contributed by atoms with E-state index in [1.807, 2.05) is 0 Å². The second-order valence-corrected chi connectivity index (χ2v) is 5.81. The van der Waals surface area contributed by atoms with E-state index < -0.39 is 23.4 Å². The van der Waals surface area contributed by atoms with E-state index in [0.717, 1.165) is 24.3 Å². The van der Waals surface area contributed by atoms with E-state index >= 15 is 0 Å². The van der Waals surface area contributed by atoms with Gasteiger partial charge in [-0.15, -0.1) is 12.6 Å². The summed E-state index contributed by atoms with van der Waals surface area (Å²) >= 11 is 3.86. The van der Waals surface area contributed by atoms with Crippen molar-refractivity contribution in [3.05, 3.63) is 59.2 Å². The molecule has 1 atom stereocenters. The second-order valence-electron chi connectivity index (χ2n) is 5.29. The number of carbonyl (C=O) groups excluding carboxylic acids is 1. The molecule has 0 unspecified atom stereocenters. The molecule has 2 nitrogen and oxygen atoms in total. The molecule has 0 fully saturated rings. The molecule has 1 aliphatic heterocycles. The molecule has 0 radical (unpaired) electrons. The van der Waals surface area contributed by atoms with E-state index in [9.17, 15) is 26.7 Å². The zero-order valence-electron chi connectivity index (χ0n) is 12.7. The summed E-state index contributed by atoms with van der Waals surface area (Å²) in [4.78, 5) is 11.0. The molecular weight excluding hydrogens is 363 g/mol. The third kappa shape index (κ3) is 4.94. The molecule has 0 aliphatic carbocycles. The van der Waals surface area contributed by atoms with Crippen molar-refractivity contribution >= 4 is 18.9 Å². The van der Waals surface area contributed by atoms with Gasteiger partial charge in [-0.05, 0) is 42.8 Å². The van der Waals surface area contributed by atoms with Gasteiger partial charge in [0.15, 0.2) is 11.6 Å². The van der Waals surface area contributed by atoms with Crippen LogP contribution in [0.15, 0.2) is 41.3 Å². The van der Waals surface area contributed by atoms with Crippen LogP contribution in [-0.4, -0.2) is 12.9 Å². The van der Waals surface area contributed by atoms with Crippen molar-refractivity contribution in [2.75, 3.05) is 6.61 Å². The first-order valence-electron chi connectivity index (χ1n) is 7.13. The van der Waals surface area contributed by atoms with Gasteiger partial charge in [-0.2, -0.15) is 13.2 Å². The maximum atomic E-state index is 13.2. The lowest BCUT2D eigenvalue weighted by molar-refractivity contribution is -0.137. The first-order chi connectivity index (χ1) is 11.7. The molecule has 1 heterocycles. The van der Waals surface area contributed by atoms with Gasteiger partial charge in [-0.3, -0.25) is 0 Å². The first kappa shape index (κ1) is 19.2. The number of hydrogen-bond donors (Lipinski definition) is 1. The molecule has 2 aromatic rings. The number of carbonyl (C=O) groups is 1. The van der Waals surface area contributed by atoms with Crippen molar-refractivity contribution in [3.63, 3.8) is 0 Å². The Balaban J connectivity index is 0.000000186. The van der Waals surface area contributed by atoms with Crippen LogP contribution in [0.5, 0.6) is 5.75 Å². The minimum atomic E-state index is -4.25. The molecule has 0 spiro atoms. The topological polar surface area (TPSA) is 26.3 Å². The van der Waals surface area contributed by atoms with Crippen LogP contribution >= 0.6 is 12.6 Å². The molecule has 3 rings (SSSR count). The van der Waals surface area contributed by atoms with Gasteiger partial charge in [-0.25, -0.2) is 8.78 Å². The van der Waals surface area contributed by atoms with Crippen LogP contribution in [0, 0.1) is 17.6 Å². The highest BCUT2D eigenvalue weighted by atomic mass is 32.1. The Morgan fingerprint density at radius 3 is 2.20 bits per heavy atom. The lowest BCUT2D eigenvalue weighted by Gasteiger charge is -2.22. The van der Waals surface area contributed by atoms with Gasteiger partial charge in [0.2, 0.25) is 0 Å². The summed E-state index contributed by atoms with van der Waals surface area (Å²) in [5, 5.41) is 0. The molecule has 0 saturated carbocycles. The molecule has 0 N–H and O–H groups in total. The Bertz CT molecular complexity index is 744.